The van der Waals surface area contributed by atoms with Crippen LogP contribution in [0.4, 0.5) is 4.79 Å². The number of amides is 1. The van der Waals surface area contributed by atoms with Crippen LogP contribution in [0.25, 0.3) is 0 Å². The Morgan fingerprint density at radius 2 is 1.61 bits per heavy atom. The molecule has 0 N–H and O–H groups in total. The molecule has 31 heavy (non-hydrogen) atoms. The largest absolute Gasteiger partial charge is 0.489 e. The number of aryl methyl sites for hydroxylation is 1. The number of aromatic nitrogens is 1. The van der Waals surface area contributed by atoms with Crippen molar-refractivity contribution in [2.45, 2.75) is 115 Å². The maximum Gasteiger partial charge on any atom is 0.410 e. The molecule has 2 saturated heterocycles. The molecule has 3 fully saturated rings. The summed E-state index contributed by atoms with van der Waals surface area (Å²) in [5, 5.41) is 0. The molecule has 6 nitrogen and oxygen atoms in total. The average Bonchev–Trinajstić information content (AvgIpc) is 2.95. The fourth-order valence-electron chi connectivity index (χ4n) is 5.23. The van der Waals surface area contributed by atoms with Gasteiger partial charge in [0.2, 0.25) is 0 Å². The van der Waals surface area contributed by atoms with E-state index < -0.39 is 5.60 Å². The van der Waals surface area contributed by atoms with E-state index in [0.29, 0.717) is 6.10 Å². The molecule has 2 bridgehead atoms. The first-order valence-electron chi connectivity index (χ1n) is 11.6. The molecule has 172 valence electrons. The quantitative estimate of drug-likeness (QED) is 0.495. The standard InChI is InChI=1S/C24H35BrN2O4/c1-15-21(11-12-22(25)26-15)30-19-9-7-18(8-10-19)29-20-13-16-5-6-17(14-20)27(16)23(28)31-24(2,3)4/h11-12,16-20H,5-10,13-14H2,1-4H3/t16-,17+,18?,19?,20?. The van der Waals surface area contributed by atoms with Crippen LogP contribution in [0.5, 0.6) is 5.75 Å². The van der Waals surface area contributed by atoms with Crippen LogP contribution >= 0.6 is 15.9 Å². The van der Waals surface area contributed by atoms with E-state index in [-0.39, 0.29) is 30.4 Å². The molecule has 1 saturated carbocycles. The van der Waals surface area contributed by atoms with Gasteiger partial charge in [0.25, 0.3) is 0 Å². The molecule has 7 heteroatoms. The van der Waals surface area contributed by atoms with Crippen molar-refractivity contribution >= 4 is 22.0 Å². The Kier molecular flexibility index (Phi) is 6.82. The van der Waals surface area contributed by atoms with E-state index in [1.54, 1.807) is 0 Å². The van der Waals surface area contributed by atoms with E-state index in [4.69, 9.17) is 14.2 Å². The number of halogens is 1. The minimum absolute atomic E-state index is 0.158. The molecular formula is C24H35BrN2O4. The van der Waals surface area contributed by atoms with Gasteiger partial charge in [-0.15, -0.1) is 0 Å². The second kappa shape index (κ2) is 9.26. The maximum atomic E-state index is 12.6. The van der Waals surface area contributed by atoms with Crippen LogP contribution in [0.15, 0.2) is 16.7 Å². The normalized spacial score (nSPS) is 30.9. The van der Waals surface area contributed by atoms with E-state index in [1.807, 2.05) is 44.7 Å². The number of hydrogen-bond acceptors (Lipinski definition) is 5. The minimum atomic E-state index is -0.449. The highest BCUT2D eigenvalue weighted by atomic mass is 79.9. The Hall–Kier alpha value is -1.34. The second-order valence-electron chi connectivity index (χ2n) is 10.2. The number of piperidine rings is 1. The monoisotopic (exact) mass is 494 g/mol. The summed E-state index contributed by atoms with van der Waals surface area (Å²) in [6.45, 7) is 7.76. The van der Waals surface area contributed by atoms with Gasteiger partial charge >= 0.3 is 6.09 Å². The third-order valence-electron chi connectivity index (χ3n) is 6.60. The summed E-state index contributed by atoms with van der Waals surface area (Å²) < 4.78 is 19.2. The summed E-state index contributed by atoms with van der Waals surface area (Å²) in [5.41, 5.74) is 0.468. The van der Waals surface area contributed by atoms with Gasteiger partial charge in [-0.2, -0.15) is 0 Å². The third kappa shape index (κ3) is 5.72. The summed E-state index contributed by atoms with van der Waals surface area (Å²) >= 11 is 3.40. The van der Waals surface area contributed by atoms with E-state index >= 15 is 0 Å². The highest BCUT2D eigenvalue weighted by molar-refractivity contribution is 9.10. The molecular weight excluding hydrogens is 460 g/mol. The zero-order chi connectivity index (χ0) is 22.2. The third-order valence-corrected chi connectivity index (χ3v) is 7.04. The van der Waals surface area contributed by atoms with Gasteiger partial charge in [0.15, 0.2) is 0 Å². The van der Waals surface area contributed by atoms with Gasteiger partial charge in [0.05, 0.1) is 24.0 Å². The Morgan fingerprint density at radius 3 is 2.19 bits per heavy atom. The fourth-order valence-corrected chi connectivity index (χ4v) is 5.63. The highest BCUT2D eigenvalue weighted by Gasteiger charge is 2.45. The van der Waals surface area contributed by atoms with Crippen molar-refractivity contribution in [1.82, 2.24) is 9.88 Å². The first kappa shape index (κ1) is 22.8. The number of rotatable bonds is 4. The number of carbonyl (C=O) groups excluding carboxylic acids is 1. The van der Waals surface area contributed by atoms with Crippen LogP contribution in [0.2, 0.25) is 0 Å². The first-order valence-corrected chi connectivity index (χ1v) is 12.4. The van der Waals surface area contributed by atoms with E-state index in [1.165, 1.54) is 0 Å². The van der Waals surface area contributed by atoms with Crippen molar-refractivity contribution in [2.24, 2.45) is 0 Å². The zero-order valence-electron chi connectivity index (χ0n) is 19.1. The highest BCUT2D eigenvalue weighted by Crippen LogP contribution is 2.39. The number of nitrogens with zero attached hydrogens (tertiary/aromatic N) is 2. The molecule has 2 aliphatic heterocycles. The second-order valence-corrected chi connectivity index (χ2v) is 11.0. The lowest BCUT2D eigenvalue weighted by atomic mass is 9.93. The smallest absolute Gasteiger partial charge is 0.410 e. The topological polar surface area (TPSA) is 60.9 Å². The molecule has 0 spiro atoms. The van der Waals surface area contributed by atoms with Crippen LogP contribution in [-0.4, -0.2) is 52.0 Å². The molecule has 3 heterocycles. The molecule has 1 aromatic rings. The van der Waals surface area contributed by atoms with E-state index in [9.17, 15) is 4.79 Å². The first-order chi connectivity index (χ1) is 14.7. The van der Waals surface area contributed by atoms with Gasteiger partial charge in [-0.3, -0.25) is 0 Å². The maximum absolute atomic E-state index is 12.6. The summed E-state index contributed by atoms with van der Waals surface area (Å²) in [4.78, 5) is 19.1. The molecule has 0 aromatic carbocycles. The SMILES string of the molecule is Cc1nc(Br)ccc1OC1CCC(OC2C[C@H]3CC[C@@H](C2)N3C(=O)OC(C)(C)C)CC1. The van der Waals surface area contributed by atoms with Crippen LogP contribution in [0, 0.1) is 6.92 Å². The van der Waals surface area contributed by atoms with Crippen LogP contribution in [0.3, 0.4) is 0 Å². The summed E-state index contributed by atoms with van der Waals surface area (Å²) in [5.74, 6) is 0.874. The number of ether oxygens (including phenoxy) is 3. The zero-order valence-corrected chi connectivity index (χ0v) is 20.7. The molecule has 1 aromatic heterocycles. The Morgan fingerprint density at radius 1 is 1.00 bits per heavy atom. The van der Waals surface area contributed by atoms with Crippen molar-refractivity contribution < 1.29 is 19.0 Å². The van der Waals surface area contributed by atoms with Crippen LogP contribution < -0.4 is 4.74 Å². The Balaban J connectivity index is 1.24. The molecule has 1 amide bonds. The average molecular weight is 495 g/mol. The lowest BCUT2D eigenvalue weighted by Crippen LogP contribution is -2.50. The van der Waals surface area contributed by atoms with Crippen LogP contribution in [0.1, 0.15) is 77.8 Å². The van der Waals surface area contributed by atoms with Gasteiger partial charge in [0.1, 0.15) is 16.0 Å². The lowest BCUT2D eigenvalue weighted by Gasteiger charge is -2.41. The summed E-state index contributed by atoms with van der Waals surface area (Å²) in [7, 11) is 0. The van der Waals surface area contributed by atoms with Gasteiger partial charge in [-0.1, -0.05) is 0 Å². The van der Waals surface area contributed by atoms with Gasteiger partial charge in [-0.05, 0) is 107 Å². The number of hydrogen-bond donors (Lipinski definition) is 0. The molecule has 0 radical (unpaired) electrons. The van der Waals surface area contributed by atoms with Crippen molar-refractivity contribution in [3.8, 4) is 5.75 Å². The molecule has 1 aliphatic carbocycles. The van der Waals surface area contributed by atoms with Gasteiger partial charge < -0.3 is 19.1 Å². The predicted octanol–water partition coefficient (Wildman–Crippen LogP) is 5.79. The summed E-state index contributed by atoms with van der Waals surface area (Å²) in [6.07, 6.45) is 8.64. The van der Waals surface area contributed by atoms with Gasteiger partial charge in [0, 0.05) is 12.1 Å². The Bertz CT molecular complexity index is 774. The van der Waals surface area contributed by atoms with E-state index in [2.05, 4.69) is 20.9 Å². The van der Waals surface area contributed by atoms with Crippen molar-refractivity contribution in [3.05, 3.63) is 22.4 Å². The van der Waals surface area contributed by atoms with Crippen LogP contribution in [-0.2, 0) is 9.47 Å². The lowest BCUT2D eigenvalue weighted by molar-refractivity contribution is -0.0813. The van der Waals surface area contributed by atoms with Crippen molar-refractivity contribution in [3.63, 3.8) is 0 Å². The molecule has 3 aliphatic rings. The predicted molar refractivity (Wildman–Crippen MR) is 122 cm³/mol. The molecule has 1 unspecified atom stereocenters. The van der Waals surface area contributed by atoms with E-state index in [0.717, 1.165) is 67.4 Å². The Labute approximate surface area is 194 Å². The molecule has 4 rings (SSSR count). The molecule has 3 atom stereocenters. The van der Waals surface area contributed by atoms with Crippen molar-refractivity contribution in [2.75, 3.05) is 0 Å². The minimum Gasteiger partial charge on any atom is -0.489 e. The van der Waals surface area contributed by atoms with Gasteiger partial charge in [-0.25, -0.2) is 9.78 Å². The fraction of sp³-hybridized carbons (Fsp3) is 0.750. The van der Waals surface area contributed by atoms with Crippen molar-refractivity contribution in [1.29, 1.82) is 0 Å². The summed E-state index contributed by atoms with van der Waals surface area (Å²) in [6, 6.07) is 4.43. The number of pyridine rings is 1. The number of fused-ring (bicyclic) bond motifs is 2. The number of carbonyl (C=O) groups is 1.